The molecular weight excluding hydrogens is 1540 g/mol. The molecule has 0 bridgehead atoms. The van der Waals surface area contributed by atoms with Gasteiger partial charge < -0.3 is 126 Å². The van der Waals surface area contributed by atoms with E-state index in [1.165, 1.54) is 23.5 Å². The van der Waals surface area contributed by atoms with Gasteiger partial charge in [0.15, 0.2) is 47.3 Å². The number of aliphatic hydroxyl groups excluding tert-OH is 1. The molecule has 0 saturated heterocycles. The quantitative estimate of drug-likeness (QED) is 0.00924. The van der Waals surface area contributed by atoms with Gasteiger partial charge >= 0.3 is 23.9 Å². The van der Waals surface area contributed by atoms with Crippen LogP contribution in [0.15, 0.2) is 30.0 Å². The summed E-state index contributed by atoms with van der Waals surface area (Å²) in [6.07, 6.45) is 5.70. The smallest absolute Gasteiger partial charge is 0.307 e. The number of rotatable bonds is 74. The van der Waals surface area contributed by atoms with Crippen molar-refractivity contribution >= 4 is 130 Å². The van der Waals surface area contributed by atoms with Gasteiger partial charge in [-0.05, 0) is 129 Å². The fourth-order valence-electron chi connectivity index (χ4n) is 11.5. The Morgan fingerprint density at radius 1 is 0.330 bits per heavy atom. The van der Waals surface area contributed by atoms with Gasteiger partial charge in [-0.1, -0.05) is 0 Å². The summed E-state index contributed by atoms with van der Waals surface area (Å²) in [6.45, 7) is 2.59. The number of hydrogen-bond donors (Lipinski definition) is 18. The van der Waals surface area contributed by atoms with Crippen molar-refractivity contribution in [3.05, 3.63) is 0 Å². The molecule has 0 radical (unpaired) electrons. The van der Waals surface area contributed by atoms with Crippen molar-refractivity contribution in [3.63, 3.8) is 0 Å². The Labute approximate surface area is 682 Å². The number of esters is 4. The highest BCUT2D eigenvalue weighted by molar-refractivity contribution is 7.99. The van der Waals surface area contributed by atoms with Gasteiger partial charge in [-0.25, -0.2) is 0 Å². The van der Waals surface area contributed by atoms with E-state index in [4.69, 9.17) is 111 Å². The lowest BCUT2D eigenvalue weighted by atomic mass is 9.81. The Hall–Kier alpha value is -9.20. The number of ether oxygens (including phenoxy) is 4. The van der Waals surface area contributed by atoms with Crippen LogP contribution in [-0.2, 0) is 76.5 Å². The highest BCUT2D eigenvalue weighted by Crippen LogP contribution is 2.27. The van der Waals surface area contributed by atoms with Crippen LogP contribution in [0.5, 0.6) is 0 Å². The number of hydrogen-bond acceptors (Lipinski definition) is 28. The molecule has 34 N–H and O–H groups in total. The van der Waals surface area contributed by atoms with Gasteiger partial charge in [-0.2, -0.15) is 23.5 Å². The molecule has 8 unspecified atom stereocenters. The molecule has 0 aliphatic carbocycles. The van der Waals surface area contributed by atoms with Gasteiger partial charge in [0.05, 0.1) is 70.2 Å². The lowest BCUT2D eigenvalue weighted by molar-refractivity contribution is -0.146. The van der Waals surface area contributed by atoms with Crippen molar-refractivity contribution in [2.24, 2.45) is 151 Å². The summed E-state index contributed by atoms with van der Waals surface area (Å²) in [7, 11) is 0. The van der Waals surface area contributed by atoms with Gasteiger partial charge in [0.1, 0.15) is 17.3 Å². The van der Waals surface area contributed by atoms with Crippen LogP contribution in [0.4, 0.5) is 0 Å². The minimum absolute atomic E-state index is 0.000598. The zero-order valence-corrected chi connectivity index (χ0v) is 68.4. The molecule has 0 spiro atoms. The largest absolute Gasteiger partial charge is 0.466 e. The summed E-state index contributed by atoms with van der Waals surface area (Å²) in [6, 6.07) is -3.18. The molecule has 0 aromatic rings. The van der Waals surface area contributed by atoms with Gasteiger partial charge in [0, 0.05) is 144 Å². The van der Waals surface area contributed by atoms with E-state index in [1.54, 1.807) is 0 Å². The maximum absolute atomic E-state index is 14.0. The Kier molecular flexibility index (Phi) is 60.7. The van der Waals surface area contributed by atoms with Gasteiger partial charge in [0.25, 0.3) is 0 Å². The maximum atomic E-state index is 14.0. The van der Waals surface area contributed by atoms with E-state index < -0.39 is 107 Å². The number of primary amides is 2. The average Bonchev–Trinajstić information content (AvgIpc) is 0.871. The van der Waals surface area contributed by atoms with E-state index in [0.717, 1.165) is 6.42 Å². The molecule has 3 amide bonds. The average molecular weight is 1670 g/mol. The van der Waals surface area contributed by atoms with Crippen LogP contribution in [0.2, 0.25) is 0 Å². The summed E-state index contributed by atoms with van der Waals surface area (Å²) in [5.41, 5.74) is 89.4. The highest BCUT2D eigenvalue weighted by atomic mass is 32.2. The molecule has 43 heteroatoms. The molecule has 0 rings (SSSR count). The lowest BCUT2D eigenvalue weighted by Crippen LogP contribution is -2.50. The molecule has 41 nitrogen and oxygen atoms in total. The summed E-state index contributed by atoms with van der Waals surface area (Å²) < 4.78 is 21.6. The van der Waals surface area contributed by atoms with Gasteiger partial charge in [0.2, 0.25) is 17.7 Å². The van der Waals surface area contributed by atoms with Crippen molar-refractivity contribution in [1.82, 2.24) is 10.2 Å². The molecule has 0 aromatic heterocycles. The van der Waals surface area contributed by atoms with Gasteiger partial charge in [-0.3, -0.25) is 87.5 Å². The second kappa shape index (κ2) is 66.0. The number of unbranched alkanes of at least 4 members (excludes halogenated alkanes) is 4. The third-order valence-electron chi connectivity index (χ3n) is 17.9. The van der Waals surface area contributed by atoms with Crippen LogP contribution in [0, 0.1) is 29.6 Å². The standard InChI is InChI=1S/C72H134N24O17S2/c73-52(58(101)41-48(15-9-25-90-68(79)80)55(98)40-47(14-8-24-89-67(77)78)56(99)43-50(64(75)107)17-11-27-92-70(83)84)45-114-38-22-62(105)112-36-6-4-34-110-60(103)20-31-96(30-2-1-3-33-97)32-21-61(104)111-35-5-7-37-113-63(106)23-39-115-46-53(74)66(109)95-54(19-13-29-94-72(87)88)59(102)42-49(16-10-26-91-69(81)82)57(100)44-51(65(76)108)18-12-28-93-71(85)86/h47-54,97H,1-46,73-74H2,(H2,75,107)(H2,76,108)(H,95,109)(H4,77,78,89)(H4,79,80,90)(H4,81,82,91)(H4,83,84,92)(H4,85,86,93)(H4,87,88,94). The van der Waals surface area contributed by atoms with Crippen LogP contribution in [-0.4, -0.2) is 249 Å². The second-order valence-electron chi connectivity index (χ2n) is 27.7. The third-order valence-corrected chi connectivity index (χ3v) is 20.0. The van der Waals surface area contributed by atoms with Gasteiger partial charge in [-0.15, -0.1) is 0 Å². The Bertz CT molecular complexity index is 2920. The number of ketones is 5. The van der Waals surface area contributed by atoms with Crippen LogP contribution in [0.3, 0.4) is 0 Å². The van der Waals surface area contributed by atoms with E-state index >= 15 is 0 Å². The third kappa shape index (κ3) is 59.2. The van der Waals surface area contributed by atoms with Crippen molar-refractivity contribution in [2.45, 2.75) is 198 Å². The fourth-order valence-corrected chi connectivity index (χ4v) is 13.3. The van der Waals surface area contributed by atoms with Crippen LogP contribution in [0.1, 0.15) is 180 Å². The number of guanidine groups is 6. The molecule has 0 aliphatic heterocycles. The van der Waals surface area contributed by atoms with Crippen LogP contribution >= 0.6 is 23.5 Å². The zero-order chi connectivity index (χ0) is 86.3. The Morgan fingerprint density at radius 3 is 0.957 bits per heavy atom. The molecule has 0 aliphatic rings. The maximum Gasteiger partial charge on any atom is 0.307 e. The number of aliphatic hydroxyl groups is 1. The van der Waals surface area contributed by atoms with Crippen molar-refractivity contribution < 1.29 is 81.6 Å². The SMILES string of the molecule is NC(=O)C(CCCN=C(N)N)CC(=O)C(CCCN=C(N)N)CC(=O)C(CCCN=C(N)N)CC(=O)C(N)CSCCC(=O)OCCCCOC(=O)CCN(CCCCCO)CCC(=O)OCCCCOC(=O)CCSCC(N)C(=O)NC(CCCN=C(N)N)C(=O)CC(CCCN=C(N)N)C(=O)CC(CCCN=C(N)N)C(N)=O. The highest BCUT2D eigenvalue weighted by Gasteiger charge is 2.33. The molecule has 8 atom stereocenters. The molecule has 0 fully saturated rings. The minimum atomic E-state index is -1.10. The number of carbonyl (C=O) groups is 12. The second-order valence-corrected chi connectivity index (χ2v) is 30.0. The van der Waals surface area contributed by atoms with E-state index in [-0.39, 0.29) is 245 Å². The lowest BCUT2D eigenvalue weighted by Gasteiger charge is -2.23. The normalized spacial score (nSPS) is 13.1. The molecule has 656 valence electrons. The van der Waals surface area contributed by atoms with Crippen molar-refractivity contribution in [2.75, 3.05) is 115 Å². The monoisotopic (exact) mass is 1670 g/mol. The van der Waals surface area contributed by atoms with Crippen molar-refractivity contribution in [3.8, 4) is 0 Å². The summed E-state index contributed by atoms with van der Waals surface area (Å²) in [5, 5.41) is 12.0. The van der Waals surface area contributed by atoms with E-state index in [1.807, 2.05) is 4.90 Å². The van der Waals surface area contributed by atoms with Crippen LogP contribution in [0.25, 0.3) is 0 Å². The van der Waals surface area contributed by atoms with E-state index in [0.29, 0.717) is 90.3 Å². The minimum Gasteiger partial charge on any atom is -0.466 e. The topological polar surface area (TPSA) is 768 Å². The number of amides is 3. The summed E-state index contributed by atoms with van der Waals surface area (Å²) in [5.74, 6) is -10.3. The number of aliphatic imine (C=N–C) groups is 6. The number of Topliss-reactive ketones (excluding diaryl/α,β-unsaturated/α-hetero) is 5. The Balaban J connectivity index is 5.10. The zero-order valence-electron chi connectivity index (χ0n) is 66.8. The first kappa shape index (κ1) is 106. The first-order chi connectivity index (χ1) is 54.6. The molecule has 0 aromatic carbocycles. The molecule has 0 saturated carbocycles. The first-order valence-electron chi connectivity index (χ1n) is 39.1. The first-order valence-corrected chi connectivity index (χ1v) is 41.4. The van der Waals surface area contributed by atoms with Crippen LogP contribution < -0.4 is 97.1 Å². The fraction of sp³-hybridized carbons (Fsp3) is 0.750. The number of nitrogens with zero attached hydrogens (tertiary/aromatic N) is 7. The molecule has 0 heterocycles. The predicted molar refractivity (Wildman–Crippen MR) is 444 cm³/mol. The summed E-state index contributed by atoms with van der Waals surface area (Å²) in [4.78, 5) is 184. The number of carbonyl (C=O) groups excluding carboxylic acids is 12. The Morgan fingerprint density at radius 2 is 0.626 bits per heavy atom. The number of thioether (sulfide) groups is 2. The predicted octanol–water partition coefficient (Wildman–Crippen LogP) is -3.48. The molecule has 115 heavy (non-hydrogen) atoms. The molecular formula is C72H134N24O17S2. The van der Waals surface area contributed by atoms with Crippen molar-refractivity contribution in [1.29, 1.82) is 0 Å². The van der Waals surface area contributed by atoms with E-state index in [9.17, 15) is 62.6 Å². The number of nitrogens with two attached hydrogens (primary N) is 16. The number of nitrogens with one attached hydrogen (secondary N) is 1. The van der Waals surface area contributed by atoms with E-state index in [2.05, 4.69) is 35.3 Å². The summed E-state index contributed by atoms with van der Waals surface area (Å²) >= 11 is 2.48.